The largest absolute Gasteiger partial charge is 0.377 e. The molecule has 0 bridgehead atoms. The summed E-state index contributed by atoms with van der Waals surface area (Å²) >= 11 is 0. The van der Waals surface area contributed by atoms with Gasteiger partial charge in [-0.3, -0.25) is 10.1 Å². The number of hydrogen-bond acceptors (Lipinski definition) is 5. The van der Waals surface area contributed by atoms with Crippen LogP contribution in [0.2, 0.25) is 0 Å². The number of rotatable bonds is 2. The number of aliphatic hydroxyl groups is 1. The van der Waals surface area contributed by atoms with Gasteiger partial charge in [-0.25, -0.2) is 0 Å². The summed E-state index contributed by atoms with van der Waals surface area (Å²) in [6, 6.07) is 0. The molecule has 0 saturated carbocycles. The summed E-state index contributed by atoms with van der Waals surface area (Å²) in [5.41, 5.74) is 0.636. The van der Waals surface area contributed by atoms with E-state index in [0.29, 0.717) is 19.6 Å². The predicted octanol–water partition coefficient (Wildman–Crippen LogP) is 0.599. The van der Waals surface area contributed by atoms with Crippen molar-refractivity contribution in [1.82, 2.24) is 4.90 Å². The van der Waals surface area contributed by atoms with Crippen molar-refractivity contribution in [2.45, 2.75) is 12.6 Å². The van der Waals surface area contributed by atoms with E-state index < -0.39 is 11.2 Å². The second kappa shape index (κ2) is 4.46. The Balaban J connectivity index is 2.19. The lowest BCUT2D eigenvalue weighted by Crippen LogP contribution is -2.37. The van der Waals surface area contributed by atoms with Crippen LogP contribution in [0.5, 0.6) is 0 Å². The maximum atomic E-state index is 10.7. The van der Waals surface area contributed by atoms with Crippen LogP contribution in [0.3, 0.4) is 0 Å². The van der Waals surface area contributed by atoms with Crippen molar-refractivity contribution >= 4 is 0 Å². The van der Waals surface area contributed by atoms with Crippen molar-refractivity contribution in [2.24, 2.45) is 0 Å². The second-order valence-electron chi connectivity index (χ2n) is 3.49. The lowest BCUT2D eigenvalue weighted by molar-refractivity contribution is -0.440. The standard InChI is InChI=1S/C10H12N2O4/c13-10-9(12(14)15)2-1-5-11(10)8-3-6-16-7-4-8/h1-3,5,10,13H,4,6-7H2. The molecule has 0 amide bonds. The summed E-state index contributed by atoms with van der Waals surface area (Å²) in [7, 11) is 0. The molecular weight excluding hydrogens is 212 g/mol. The molecule has 1 N–H and O–H groups in total. The van der Waals surface area contributed by atoms with E-state index in [2.05, 4.69) is 0 Å². The molecule has 86 valence electrons. The van der Waals surface area contributed by atoms with E-state index >= 15 is 0 Å². The van der Waals surface area contributed by atoms with E-state index in [4.69, 9.17) is 4.74 Å². The van der Waals surface area contributed by atoms with Gasteiger partial charge >= 0.3 is 0 Å². The number of hydrogen-bond donors (Lipinski definition) is 1. The van der Waals surface area contributed by atoms with E-state index in [1.165, 1.54) is 11.0 Å². The van der Waals surface area contributed by atoms with Gasteiger partial charge in [0.1, 0.15) is 0 Å². The summed E-state index contributed by atoms with van der Waals surface area (Å²) in [6.07, 6.45) is 5.74. The lowest BCUT2D eigenvalue weighted by Gasteiger charge is -2.30. The first-order valence-corrected chi connectivity index (χ1v) is 4.96. The van der Waals surface area contributed by atoms with Gasteiger partial charge in [-0.15, -0.1) is 0 Å². The van der Waals surface area contributed by atoms with Crippen molar-refractivity contribution in [3.05, 3.63) is 45.9 Å². The predicted molar refractivity (Wildman–Crippen MR) is 55.6 cm³/mol. The maximum Gasteiger partial charge on any atom is 0.295 e. The fraction of sp³-hybridized carbons (Fsp3) is 0.400. The highest BCUT2D eigenvalue weighted by Crippen LogP contribution is 2.23. The zero-order chi connectivity index (χ0) is 11.5. The van der Waals surface area contributed by atoms with E-state index in [-0.39, 0.29) is 5.70 Å². The van der Waals surface area contributed by atoms with Crippen LogP contribution in [0, 0.1) is 10.1 Å². The van der Waals surface area contributed by atoms with E-state index in [1.807, 2.05) is 6.08 Å². The van der Waals surface area contributed by atoms with Crippen molar-refractivity contribution in [3.63, 3.8) is 0 Å². The number of allylic oxidation sites excluding steroid dienone is 2. The SMILES string of the molecule is O=[N+]([O-])C1=CC=CN(C2=CCOCC2)C1O. The average molecular weight is 224 g/mol. The first kappa shape index (κ1) is 10.8. The Kier molecular flexibility index (Phi) is 3.02. The Morgan fingerprint density at radius 1 is 1.62 bits per heavy atom. The fourth-order valence-electron chi connectivity index (χ4n) is 1.70. The van der Waals surface area contributed by atoms with E-state index in [0.717, 1.165) is 5.70 Å². The van der Waals surface area contributed by atoms with Gasteiger partial charge in [0.15, 0.2) is 0 Å². The molecule has 6 heteroatoms. The first-order chi connectivity index (χ1) is 7.70. The van der Waals surface area contributed by atoms with Crippen LogP contribution >= 0.6 is 0 Å². The number of nitrogens with zero attached hydrogens (tertiary/aromatic N) is 2. The van der Waals surface area contributed by atoms with Crippen LogP contribution < -0.4 is 0 Å². The summed E-state index contributed by atoms with van der Waals surface area (Å²) in [5.74, 6) is 0. The zero-order valence-electron chi connectivity index (χ0n) is 8.57. The van der Waals surface area contributed by atoms with Crippen LogP contribution in [-0.2, 0) is 4.74 Å². The third kappa shape index (κ3) is 1.98. The van der Waals surface area contributed by atoms with Gasteiger partial charge in [0.25, 0.3) is 5.70 Å². The third-order valence-corrected chi connectivity index (χ3v) is 2.52. The van der Waals surface area contributed by atoms with E-state index in [1.54, 1.807) is 12.3 Å². The van der Waals surface area contributed by atoms with Gasteiger partial charge in [0, 0.05) is 24.4 Å². The molecule has 2 aliphatic rings. The van der Waals surface area contributed by atoms with Gasteiger partial charge in [0.05, 0.1) is 18.1 Å². The molecule has 0 saturated heterocycles. The molecule has 6 nitrogen and oxygen atoms in total. The molecule has 16 heavy (non-hydrogen) atoms. The van der Waals surface area contributed by atoms with E-state index in [9.17, 15) is 15.2 Å². The minimum absolute atomic E-state index is 0.213. The van der Waals surface area contributed by atoms with Crippen LogP contribution in [0.1, 0.15) is 6.42 Å². The molecule has 0 aliphatic carbocycles. The normalized spacial score (nSPS) is 25.1. The molecule has 2 aliphatic heterocycles. The van der Waals surface area contributed by atoms with Gasteiger partial charge in [-0.05, 0) is 12.2 Å². The molecule has 1 atom stereocenters. The molecule has 2 rings (SSSR count). The van der Waals surface area contributed by atoms with Crippen LogP contribution in [0.4, 0.5) is 0 Å². The average Bonchev–Trinajstić information content (AvgIpc) is 2.30. The third-order valence-electron chi connectivity index (χ3n) is 2.52. The lowest BCUT2D eigenvalue weighted by atomic mass is 10.2. The Hall–Kier alpha value is -1.66. The second-order valence-corrected chi connectivity index (χ2v) is 3.49. The summed E-state index contributed by atoms with van der Waals surface area (Å²) in [6.45, 7) is 1.05. The van der Waals surface area contributed by atoms with Crippen molar-refractivity contribution in [2.75, 3.05) is 13.2 Å². The summed E-state index contributed by atoms with van der Waals surface area (Å²) in [4.78, 5) is 11.6. The van der Waals surface area contributed by atoms with Gasteiger partial charge in [-0.2, -0.15) is 0 Å². The fourth-order valence-corrected chi connectivity index (χ4v) is 1.70. The van der Waals surface area contributed by atoms with Crippen LogP contribution in [0.25, 0.3) is 0 Å². The molecule has 0 aromatic rings. The number of ether oxygens (including phenoxy) is 1. The molecule has 1 unspecified atom stereocenters. The van der Waals surface area contributed by atoms with Gasteiger partial charge in [0.2, 0.25) is 6.23 Å². The zero-order valence-corrected chi connectivity index (χ0v) is 8.57. The monoisotopic (exact) mass is 224 g/mol. The van der Waals surface area contributed by atoms with Crippen molar-refractivity contribution in [3.8, 4) is 0 Å². The van der Waals surface area contributed by atoms with Crippen molar-refractivity contribution < 1.29 is 14.8 Å². The molecule has 0 spiro atoms. The highest BCUT2D eigenvalue weighted by atomic mass is 16.6. The quantitative estimate of drug-likeness (QED) is 0.549. The molecular formula is C10H12N2O4. The maximum absolute atomic E-state index is 10.7. The Morgan fingerprint density at radius 3 is 3.06 bits per heavy atom. The summed E-state index contributed by atoms with van der Waals surface area (Å²) in [5, 5.41) is 20.5. The minimum Gasteiger partial charge on any atom is -0.377 e. The van der Waals surface area contributed by atoms with Crippen LogP contribution in [0.15, 0.2) is 35.8 Å². The van der Waals surface area contributed by atoms with Crippen molar-refractivity contribution in [1.29, 1.82) is 0 Å². The smallest absolute Gasteiger partial charge is 0.295 e. The number of aliphatic hydroxyl groups excluding tert-OH is 1. The Bertz CT molecular complexity index is 386. The minimum atomic E-state index is -1.22. The van der Waals surface area contributed by atoms with Gasteiger partial charge < -0.3 is 14.7 Å². The Morgan fingerprint density at radius 2 is 2.44 bits per heavy atom. The topological polar surface area (TPSA) is 75.8 Å². The molecule has 0 aromatic heterocycles. The highest BCUT2D eigenvalue weighted by molar-refractivity contribution is 5.21. The molecule has 0 fully saturated rings. The molecule has 0 aromatic carbocycles. The first-order valence-electron chi connectivity index (χ1n) is 4.96. The highest BCUT2D eigenvalue weighted by Gasteiger charge is 2.30. The van der Waals surface area contributed by atoms with Crippen LogP contribution in [-0.4, -0.2) is 34.4 Å². The summed E-state index contributed by atoms with van der Waals surface area (Å²) < 4.78 is 5.14. The molecule has 0 radical (unpaired) electrons. The number of nitro groups is 1. The Labute approximate surface area is 92.3 Å². The van der Waals surface area contributed by atoms with Gasteiger partial charge in [-0.1, -0.05) is 0 Å². The molecule has 2 heterocycles.